The summed E-state index contributed by atoms with van der Waals surface area (Å²) >= 11 is 1.28. The van der Waals surface area contributed by atoms with Crippen molar-refractivity contribution in [3.05, 3.63) is 40.9 Å². The van der Waals surface area contributed by atoms with E-state index < -0.39 is 17.6 Å². The van der Waals surface area contributed by atoms with Gasteiger partial charge in [0, 0.05) is 17.4 Å². The summed E-state index contributed by atoms with van der Waals surface area (Å²) in [4.78, 5) is 14.6. The molecule has 0 saturated carbocycles. The van der Waals surface area contributed by atoms with Gasteiger partial charge in [0.2, 0.25) is 0 Å². The van der Waals surface area contributed by atoms with Crippen LogP contribution in [-0.2, 0) is 11.2 Å². The van der Waals surface area contributed by atoms with Gasteiger partial charge in [0.05, 0.1) is 12.1 Å². The van der Waals surface area contributed by atoms with Gasteiger partial charge in [-0.05, 0) is 18.2 Å². The Morgan fingerprint density at radius 3 is 2.78 bits per heavy atom. The molecule has 1 aromatic heterocycles. The number of aryl methyl sites for hydroxylation is 1. The molecule has 1 aromatic carbocycles. The second-order valence-electron chi connectivity index (χ2n) is 3.67. The number of rotatable bonds is 4. The molecule has 1 heterocycles. The molecule has 0 unspecified atom stereocenters. The van der Waals surface area contributed by atoms with E-state index in [1.54, 1.807) is 5.38 Å². The third-order valence-corrected chi connectivity index (χ3v) is 3.25. The predicted octanol–water partition coefficient (Wildman–Crippen LogP) is 3.11. The van der Waals surface area contributed by atoms with Crippen molar-refractivity contribution in [2.24, 2.45) is 0 Å². The topological polar surface area (TPSA) is 50.2 Å². The van der Waals surface area contributed by atoms with Crippen molar-refractivity contribution in [3.8, 4) is 10.6 Å². The average molecular weight is 269 g/mol. The van der Waals surface area contributed by atoms with Crippen LogP contribution in [0, 0.1) is 11.6 Å². The van der Waals surface area contributed by atoms with Gasteiger partial charge in [-0.2, -0.15) is 0 Å². The molecule has 0 fully saturated rings. The Bertz CT molecular complexity index is 583. The minimum atomic E-state index is -0.921. The van der Waals surface area contributed by atoms with Crippen LogP contribution in [0.1, 0.15) is 12.1 Å². The van der Waals surface area contributed by atoms with Crippen molar-refractivity contribution in [2.75, 3.05) is 0 Å². The highest BCUT2D eigenvalue weighted by molar-refractivity contribution is 7.13. The number of thiazole rings is 1. The first-order chi connectivity index (χ1) is 8.56. The molecule has 2 rings (SSSR count). The number of nitrogens with zero attached hydrogens (tertiary/aromatic N) is 1. The fraction of sp³-hybridized carbons (Fsp3) is 0.167. The lowest BCUT2D eigenvalue weighted by Gasteiger charge is -1.97. The van der Waals surface area contributed by atoms with Crippen LogP contribution in [-0.4, -0.2) is 16.1 Å². The zero-order valence-electron chi connectivity index (χ0n) is 9.19. The van der Waals surface area contributed by atoms with Gasteiger partial charge in [0.1, 0.15) is 5.01 Å². The lowest BCUT2D eigenvalue weighted by molar-refractivity contribution is -0.136. The lowest BCUT2D eigenvalue weighted by Crippen LogP contribution is -1.97. The smallest absolute Gasteiger partial charge is 0.303 e. The second-order valence-corrected chi connectivity index (χ2v) is 4.52. The Morgan fingerprint density at radius 1 is 1.33 bits per heavy atom. The second kappa shape index (κ2) is 5.22. The van der Waals surface area contributed by atoms with Gasteiger partial charge in [-0.3, -0.25) is 4.79 Å². The zero-order chi connectivity index (χ0) is 13.1. The number of hydrogen-bond donors (Lipinski definition) is 1. The highest BCUT2D eigenvalue weighted by Crippen LogP contribution is 2.25. The molecule has 6 heteroatoms. The highest BCUT2D eigenvalue weighted by atomic mass is 32.1. The molecule has 94 valence electrons. The maximum atomic E-state index is 13.0. The first-order valence-electron chi connectivity index (χ1n) is 5.18. The maximum Gasteiger partial charge on any atom is 0.303 e. The molecule has 1 N–H and O–H groups in total. The minimum Gasteiger partial charge on any atom is -0.481 e. The zero-order valence-corrected chi connectivity index (χ0v) is 10.0. The number of aliphatic carboxylic acids is 1. The highest BCUT2D eigenvalue weighted by Gasteiger charge is 2.09. The Balaban J connectivity index is 2.18. The quantitative estimate of drug-likeness (QED) is 0.927. The number of carboxylic acids is 1. The largest absolute Gasteiger partial charge is 0.481 e. The van der Waals surface area contributed by atoms with Gasteiger partial charge >= 0.3 is 5.97 Å². The summed E-state index contributed by atoms with van der Waals surface area (Å²) in [6.07, 6.45) is 0.330. The van der Waals surface area contributed by atoms with Crippen molar-refractivity contribution in [3.63, 3.8) is 0 Å². The molecule has 0 atom stereocenters. The van der Waals surface area contributed by atoms with Crippen LogP contribution >= 0.6 is 11.3 Å². The third-order valence-electron chi connectivity index (χ3n) is 2.31. The van der Waals surface area contributed by atoms with Crippen molar-refractivity contribution in [1.29, 1.82) is 0 Å². The summed E-state index contributed by atoms with van der Waals surface area (Å²) in [6, 6.07) is 3.57. The van der Waals surface area contributed by atoms with E-state index in [1.807, 2.05) is 0 Å². The van der Waals surface area contributed by atoms with Crippen molar-refractivity contribution in [2.45, 2.75) is 12.8 Å². The molecule has 0 aliphatic heterocycles. The van der Waals surface area contributed by atoms with E-state index in [2.05, 4.69) is 4.98 Å². The van der Waals surface area contributed by atoms with E-state index in [1.165, 1.54) is 17.4 Å². The summed E-state index contributed by atoms with van der Waals surface area (Å²) < 4.78 is 25.8. The first kappa shape index (κ1) is 12.6. The van der Waals surface area contributed by atoms with E-state index in [9.17, 15) is 13.6 Å². The van der Waals surface area contributed by atoms with Crippen molar-refractivity contribution < 1.29 is 18.7 Å². The summed E-state index contributed by atoms with van der Waals surface area (Å²) in [5, 5.41) is 10.8. The first-order valence-corrected chi connectivity index (χ1v) is 6.06. The maximum absolute atomic E-state index is 13.0. The normalized spacial score (nSPS) is 10.6. The fourth-order valence-corrected chi connectivity index (χ4v) is 2.27. The lowest BCUT2D eigenvalue weighted by atomic mass is 10.2. The number of benzene rings is 1. The van der Waals surface area contributed by atoms with Gasteiger partial charge in [-0.15, -0.1) is 11.3 Å². The summed E-state index contributed by atoms with van der Waals surface area (Å²) in [7, 11) is 0. The average Bonchev–Trinajstić information content (AvgIpc) is 2.79. The molecule has 0 spiro atoms. The van der Waals surface area contributed by atoms with Crippen LogP contribution in [0.3, 0.4) is 0 Å². The van der Waals surface area contributed by atoms with E-state index in [0.717, 1.165) is 12.1 Å². The number of carbonyl (C=O) groups is 1. The Kier molecular flexibility index (Phi) is 3.66. The summed E-state index contributed by atoms with van der Waals surface area (Å²) in [5.41, 5.74) is 1.13. The molecular weight excluding hydrogens is 260 g/mol. The van der Waals surface area contributed by atoms with Gasteiger partial charge in [0.15, 0.2) is 11.6 Å². The minimum absolute atomic E-state index is 0.000945. The molecule has 0 aliphatic carbocycles. The Labute approximate surface area is 106 Å². The molecule has 3 nitrogen and oxygen atoms in total. The molecule has 2 aromatic rings. The Hall–Kier alpha value is -1.82. The van der Waals surface area contributed by atoms with Crippen molar-refractivity contribution in [1.82, 2.24) is 4.98 Å². The third kappa shape index (κ3) is 2.89. The van der Waals surface area contributed by atoms with Crippen LogP contribution in [0.15, 0.2) is 23.6 Å². The van der Waals surface area contributed by atoms with E-state index in [0.29, 0.717) is 22.7 Å². The molecule has 0 radical (unpaired) electrons. The van der Waals surface area contributed by atoms with E-state index >= 15 is 0 Å². The molecule has 18 heavy (non-hydrogen) atoms. The van der Waals surface area contributed by atoms with Gasteiger partial charge < -0.3 is 5.11 Å². The van der Waals surface area contributed by atoms with Gasteiger partial charge in [-0.1, -0.05) is 0 Å². The number of hydrogen-bond acceptors (Lipinski definition) is 3. The molecule has 0 aliphatic rings. The van der Waals surface area contributed by atoms with Crippen LogP contribution in [0.4, 0.5) is 8.78 Å². The van der Waals surface area contributed by atoms with Gasteiger partial charge in [-0.25, -0.2) is 13.8 Å². The SMILES string of the molecule is O=C(O)CCc1csc(-c2ccc(F)c(F)c2)n1. The van der Waals surface area contributed by atoms with Crippen LogP contribution < -0.4 is 0 Å². The van der Waals surface area contributed by atoms with Gasteiger partial charge in [0.25, 0.3) is 0 Å². The summed E-state index contributed by atoms with van der Waals surface area (Å²) in [5.74, 6) is -2.71. The molecular formula is C12H9F2NO2S. The Morgan fingerprint density at radius 2 is 2.11 bits per heavy atom. The van der Waals surface area contributed by atoms with Crippen LogP contribution in [0.5, 0.6) is 0 Å². The standard InChI is InChI=1S/C12H9F2NO2S/c13-9-3-1-7(5-10(9)14)12-15-8(6-18-12)2-4-11(16)17/h1,3,5-6H,2,4H2,(H,16,17). The fourth-order valence-electron chi connectivity index (χ4n) is 1.42. The summed E-state index contributed by atoms with van der Waals surface area (Å²) in [6.45, 7) is 0. The predicted molar refractivity (Wildman–Crippen MR) is 63.4 cm³/mol. The van der Waals surface area contributed by atoms with E-state index in [4.69, 9.17) is 5.11 Å². The molecule has 0 saturated heterocycles. The van der Waals surface area contributed by atoms with E-state index in [-0.39, 0.29) is 6.42 Å². The monoisotopic (exact) mass is 269 g/mol. The number of halogens is 2. The molecule has 0 amide bonds. The van der Waals surface area contributed by atoms with Crippen LogP contribution in [0.2, 0.25) is 0 Å². The van der Waals surface area contributed by atoms with Crippen LogP contribution in [0.25, 0.3) is 10.6 Å². The van der Waals surface area contributed by atoms with Crippen molar-refractivity contribution >= 4 is 17.3 Å². The number of aromatic nitrogens is 1. The molecule has 0 bridgehead atoms. The number of carboxylic acid groups (broad SMARTS) is 1.